The summed E-state index contributed by atoms with van der Waals surface area (Å²) in [6, 6.07) is 6.21. The lowest BCUT2D eigenvalue weighted by atomic mass is 10.1. The molecule has 3 rings (SSSR count). The Labute approximate surface area is 153 Å². The number of aromatic nitrogens is 2. The van der Waals surface area contributed by atoms with E-state index in [1.165, 1.54) is 12.1 Å². The monoisotopic (exact) mass is 359 g/mol. The summed E-state index contributed by atoms with van der Waals surface area (Å²) in [6.45, 7) is 7.97. The highest BCUT2D eigenvalue weighted by Gasteiger charge is 2.25. The standard InChI is InChI=1S/C20H26FN3O2/c1-4-26-18-6-5-11-23(13-18)20(25)12-19-14(2)22-24(15(19)3)17-9-7-16(21)8-10-17/h7-10,18H,4-6,11-13H2,1-3H3. The Kier molecular flexibility index (Phi) is 5.71. The molecule has 0 aliphatic carbocycles. The minimum absolute atomic E-state index is 0.110. The van der Waals surface area contributed by atoms with E-state index in [1.807, 2.05) is 25.7 Å². The molecular weight excluding hydrogens is 333 g/mol. The van der Waals surface area contributed by atoms with E-state index in [1.54, 1.807) is 16.8 Å². The topological polar surface area (TPSA) is 47.4 Å². The number of rotatable bonds is 5. The Bertz CT molecular complexity index is 768. The van der Waals surface area contributed by atoms with Gasteiger partial charge in [0.1, 0.15) is 5.82 Å². The van der Waals surface area contributed by atoms with Crippen molar-refractivity contribution in [2.75, 3.05) is 19.7 Å². The average Bonchev–Trinajstić information content (AvgIpc) is 2.91. The molecule has 2 heterocycles. The lowest BCUT2D eigenvalue weighted by Crippen LogP contribution is -2.44. The van der Waals surface area contributed by atoms with E-state index < -0.39 is 0 Å². The van der Waals surface area contributed by atoms with Gasteiger partial charge in [0.05, 0.1) is 23.9 Å². The van der Waals surface area contributed by atoms with Crippen molar-refractivity contribution in [3.8, 4) is 5.69 Å². The molecule has 1 aromatic carbocycles. The van der Waals surface area contributed by atoms with Crippen molar-refractivity contribution >= 4 is 5.91 Å². The van der Waals surface area contributed by atoms with Gasteiger partial charge >= 0.3 is 0 Å². The van der Waals surface area contributed by atoms with E-state index in [9.17, 15) is 9.18 Å². The van der Waals surface area contributed by atoms with Crippen molar-refractivity contribution in [1.29, 1.82) is 0 Å². The van der Waals surface area contributed by atoms with E-state index >= 15 is 0 Å². The van der Waals surface area contributed by atoms with Crippen molar-refractivity contribution in [3.05, 3.63) is 47.0 Å². The largest absolute Gasteiger partial charge is 0.377 e. The second-order valence-electron chi connectivity index (χ2n) is 6.77. The van der Waals surface area contributed by atoms with Gasteiger partial charge in [0.15, 0.2) is 0 Å². The zero-order valence-electron chi connectivity index (χ0n) is 15.7. The Balaban J connectivity index is 1.75. The quantitative estimate of drug-likeness (QED) is 0.824. The highest BCUT2D eigenvalue weighted by molar-refractivity contribution is 5.79. The summed E-state index contributed by atoms with van der Waals surface area (Å²) in [4.78, 5) is 14.7. The fraction of sp³-hybridized carbons (Fsp3) is 0.500. The minimum Gasteiger partial charge on any atom is -0.377 e. The Morgan fingerprint density at radius 2 is 2.04 bits per heavy atom. The van der Waals surface area contributed by atoms with Crippen LogP contribution in [0.25, 0.3) is 5.69 Å². The maximum atomic E-state index is 13.2. The van der Waals surface area contributed by atoms with E-state index in [0.717, 1.165) is 42.0 Å². The SMILES string of the molecule is CCOC1CCCN(C(=O)Cc2c(C)nn(-c3ccc(F)cc3)c2C)C1. The predicted octanol–water partition coefficient (Wildman–Crippen LogP) is 3.20. The maximum Gasteiger partial charge on any atom is 0.227 e. The number of piperidine rings is 1. The number of amides is 1. The molecule has 2 aromatic rings. The lowest BCUT2D eigenvalue weighted by molar-refractivity contribution is -0.134. The fourth-order valence-electron chi connectivity index (χ4n) is 3.56. The first-order chi connectivity index (χ1) is 12.5. The molecule has 1 amide bonds. The molecule has 5 nitrogen and oxygen atoms in total. The molecule has 6 heteroatoms. The van der Waals surface area contributed by atoms with Crippen molar-refractivity contribution < 1.29 is 13.9 Å². The van der Waals surface area contributed by atoms with Crippen molar-refractivity contribution in [1.82, 2.24) is 14.7 Å². The van der Waals surface area contributed by atoms with Gasteiger partial charge in [0.2, 0.25) is 5.91 Å². The third-order valence-electron chi connectivity index (χ3n) is 4.97. The third kappa shape index (κ3) is 3.96. The summed E-state index contributed by atoms with van der Waals surface area (Å²) in [7, 11) is 0. The van der Waals surface area contributed by atoms with Crippen LogP contribution in [0.2, 0.25) is 0 Å². The van der Waals surface area contributed by atoms with Crippen LogP contribution in [0.5, 0.6) is 0 Å². The molecule has 1 fully saturated rings. The molecule has 1 aliphatic heterocycles. The molecule has 1 aromatic heterocycles. The van der Waals surface area contributed by atoms with Crippen molar-refractivity contribution in [2.24, 2.45) is 0 Å². The van der Waals surface area contributed by atoms with Gasteiger partial charge in [0.25, 0.3) is 0 Å². The van der Waals surface area contributed by atoms with Crippen LogP contribution in [0.4, 0.5) is 4.39 Å². The molecule has 1 unspecified atom stereocenters. The first-order valence-electron chi connectivity index (χ1n) is 9.20. The highest BCUT2D eigenvalue weighted by Crippen LogP contribution is 2.21. The molecule has 26 heavy (non-hydrogen) atoms. The molecule has 0 radical (unpaired) electrons. The van der Waals surface area contributed by atoms with Crippen molar-refractivity contribution in [2.45, 2.75) is 46.1 Å². The van der Waals surface area contributed by atoms with Crippen LogP contribution in [-0.2, 0) is 16.0 Å². The zero-order chi connectivity index (χ0) is 18.7. The predicted molar refractivity (Wildman–Crippen MR) is 97.9 cm³/mol. The molecule has 0 N–H and O–H groups in total. The molecule has 0 bridgehead atoms. The third-order valence-corrected chi connectivity index (χ3v) is 4.97. The second-order valence-corrected chi connectivity index (χ2v) is 6.77. The van der Waals surface area contributed by atoms with Gasteiger partial charge in [0, 0.05) is 31.0 Å². The number of nitrogens with zero attached hydrogens (tertiary/aromatic N) is 3. The number of hydrogen-bond donors (Lipinski definition) is 0. The van der Waals surface area contributed by atoms with E-state index in [0.29, 0.717) is 19.6 Å². The molecule has 1 atom stereocenters. The van der Waals surface area contributed by atoms with Crippen LogP contribution < -0.4 is 0 Å². The van der Waals surface area contributed by atoms with Crippen LogP contribution in [0.1, 0.15) is 36.7 Å². The Morgan fingerprint density at radius 3 is 2.73 bits per heavy atom. The molecular formula is C20H26FN3O2. The fourth-order valence-corrected chi connectivity index (χ4v) is 3.56. The van der Waals surface area contributed by atoms with Crippen LogP contribution in [0.3, 0.4) is 0 Å². The van der Waals surface area contributed by atoms with Crippen LogP contribution in [0, 0.1) is 19.7 Å². The summed E-state index contributed by atoms with van der Waals surface area (Å²) in [5.41, 5.74) is 3.48. The van der Waals surface area contributed by atoms with E-state index in [-0.39, 0.29) is 17.8 Å². The molecule has 140 valence electrons. The Morgan fingerprint density at radius 1 is 1.31 bits per heavy atom. The number of hydrogen-bond acceptors (Lipinski definition) is 3. The highest BCUT2D eigenvalue weighted by atomic mass is 19.1. The van der Waals surface area contributed by atoms with E-state index in [4.69, 9.17) is 4.74 Å². The minimum atomic E-state index is -0.278. The van der Waals surface area contributed by atoms with Crippen LogP contribution >= 0.6 is 0 Å². The van der Waals surface area contributed by atoms with Gasteiger partial charge in [-0.15, -0.1) is 0 Å². The van der Waals surface area contributed by atoms with Gasteiger partial charge in [-0.1, -0.05) is 0 Å². The Hall–Kier alpha value is -2.21. The summed E-state index contributed by atoms with van der Waals surface area (Å²) in [5, 5.41) is 4.55. The van der Waals surface area contributed by atoms with E-state index in [2.05, 4.69) is 5.10 Å². The lowest BCUT2D eigenvalue weighted by Gasteiger charge is -2.32. The zero-order valence-corrected chi connectivity index (χ0v) is 15.7. The first-order valence-corrected chi connectivity index (χ1v) is 9.20. The average molecular weight is 359 g/mol. The normalized spacial score (nSPS) is 17.5. The number of halogens is 1. The molecule has 1 aliphatic rings. The number of carbonyl (C=O) groups excluding carboxylic acids is 1. The summed E-state index contributed by atoms with van der Waals surface area (Å²) in [6.07, 6.45) is 2.46. The van der Waals surface area contributed by atoms with Gasteiger partial charge in [-0.2, -0.15) is 5.10 Å². The maximum absolute atomic E-state index is 13.2. The molecule has 1 saturated heterocycles. The van der Waals surface area contributed by atoms with Gasteiger partial charge in [-0.25, -0.2) is 9.07 Å². The number of carbonyl (C=O) groups is 1. The number of benzene rings is 1. The van der Waals surface area contributed by atoms with Gasteiger partial charge in [-0.3, -0.25) is 4.79 Å². The smallest absolute Gasteiger partial charge is 0.227 e. The van der Waals surface area contributed by atoms with Crippen molar-refractivity contribution in [3.63, 3.8) is 0 Å². The summed E-state index contributed by atoms with van der Waals surface area (Å²) in [5.74, 6) is -0.168. The van der Waals surface area contributed by atoms with Crippen LogP contribution in [0.15, 0.2) is 24.3 Å². The second kappa shape index (κ2) is 7.99. The molecule has 0 saturated carbocycles. The molecule has 0 spiro atoms. The number of ether oxygens (including phenoxy) is 1. The number of likely N-dealkylation sites (tertiary alicyclic amines) is 1. The van der Waals surface area contributed by atoms with Crippen LogP contribution in [-0.4, -0.2) is 46.4 Å². The summed E-state index contributed by atoms with van der Waals surface area (Å²) >= 11 is 0. The van der Waals surface area contributed by atoms with Gasteiger partial charge < -0.3 is 9.64 Å². The summed E-state index contributed by atoms with van der Waals surface area (Å²) < 4.78 is 20.6. The number of aryl methyl sites for hydroxylation is 1. The van der Waals surface area contributed by atoms with Gasteiger partial charge in [-0.05, 0) is 57.9 Å². The first kappa shape index (κ1) is 18.6.